The van der Waals surface area contributed by atoms with E-state index >= 15 is 0 Å². The summed E-state index contributed by atoms with van der Waals surface area (Å²) in [6.07, 6.45) is 7.25. The minimum absolute atomic E-state index is 0.209. The summed E-state index contributed by atoms with van der Waals surface area (Å²) in [5.74, 6) is 2.75. The number of aryl methyl sites for hydroxylation is 1. The number of nitrogens with zero attached hydrogens (tertiary/aromatic N) is 2. The van der Waals surface area contributed by atoms with Gasteiger partial charge in [0.1, 0.15) is 12.4 Å². The fraction of sp³-hybridized carbons (Fsp3) is 0.536. The lowest BCUT2D eigenvalue weighted by Gasteiger charge is -2.44. The molecular formula is C28H36N2O4. The van der Waals surface area contributed by atoms with Crippen molar-refractivity contribution in [2.75, 3.05) is 46.6 Å². The number of amides is 1. The van der Waals surface area contributed by atoms with Crippen LogP contribution in [0.4, 0.5) is 0 Å². The van der Waals surface area contributed by atoms with E-state index in [2.05, 4.69) is 41.1 Å². The molecule has 1 amide bonds. The van der Waals surface area contributed by atoms with Gasteiger partial charge in [0.25, 0.3) is 0 Å². The van der Waals surface area contributed by atoms with Gasteiger partial charge in [-0.1, -0.05) is 30.7 Å². The first-order valence-electron chi connectivity index (χ1n) is 12.7. The molecule has 0 unspecified atom stereocenters. The number of para-hydroxylation sites is 1. The Hall–Kier alpha value is -2.73. The van der Waals surface area contributed by atoms with Crippen molar-refractivity contribution in [2.45, 2.75) is 44.9 Å². The molecule has 0 radical (unpaired) electrons. The summed E-state index contributed by atoms with van der Waals surface area (Å²) < 4.78 is 17.0. The topological polar surface area (TPSA) is 51.2 Å². The number of hydrogen-bond donors (Lipinski definition) is 0. The van der Waals surface area contributed by atoms with Crippen LogP contribution >= 0.6 is 0 Å². The Labute approximate surface area is 202 Å². The van der Waals surface area contributed by atoms with Gasteiger partial charge in [0.05, 0.1) is 6.42 Å². The van der Waals surface area contributed by atoms with Crippen LogP contribution in [-0.4, -0.2) is 62.3 Å². The highest BCUT2D eigenvalue weighted by Crippen LogP contribution is 2.38. The maximum absolute atomic E-state index is 13.1. The Morgan fingerprint density at radius 2 is 1.74 bits per heavy atom. The Kier molecular flexibility index (Phi) is 6.95. The van der Waals surface area contributed by atoms with Gasteiger partial charge in [-0.05, 0) is 73.9 Å². The Morgan fingerprint density at radius 1 is 0.912 bits per heavy atom. The smallest absolute Gasteiger partial charge is 0.231 e. The molecule has 0 aromatic heterocycles. The molecule has 0 saturated carbocycles. The van der Waals surface area contributed by atoms with Crippen molar-refractivity contribution < 1.29 is 19.0 Å². The standard InChI is InChI=1S/C28H36N2O4/c1-29-16-17-32-24-8-3-2-6-23(24)7-4-5-11-28(20-29)12-14-30(15-13-28)27(31)19-22-9-10-25-26(18-22)34-21-33-25/h2-3,6,8-10,18H,4-5,7,11-17,19-21H2,1H3. The molecule has 34 heavy (non-hydrogen) atoms. The van der Waals surface area contributed by atoms with Crippen molar-refractivity contribution in [3.63, 3.8) is 0 Å². The van der Waals surface area contributed by atoms with E-state index < -0.39 is 0 Å². The number of likely N-dealkylation sites (tertiary alicyclic amines) is 1. The van der Waals surface area contributed by atoms with Crippen LogP contribution < -0.4 is 14.2 Å². The monoisotopic (exact) mass is 464 g/mol. The zero-order valence-electron chi connectivity index (χ0n) is 20.3. The first-order valence-corrected chi connectivity index (χ1v) is 12.7. The van der Waals surface area contributed by atoms with E-state index in [0.717, 1.165) is 68.3 Å². The molecule has 1 spiro atoms. The molecule has 2 aromatic carbocycles. The van der Waals surface area contributed by atoms with E-state index in [1.54, 1.807) is 0 Å². The van der Waals surface area contributed by atoms with Gasteiger partial charge in [-0.15, -0.1) is 0 Å². The molecule has 182 valence electrons. The molecule has 3 aliphatic heterocycles. The first-order chi connectivity index (χ1) is 16.6. The molecule has 0 bridgehead atoms. The normalized spacial score (nSPS) is 20.7. The number of ether oxygens (including phenoxy) is 3. The zero-order valence-corrected chi connectivity index (χ0v) is 20.3. The zero-order chi connectivity index (χ0) is 23.4. The van der Waals surface area contributed by atoms with Crippen LogP contribution in [0, 0.1) is 5.41 Å². The maximum atomic E-state index is 13.1. The number of likely N-dealkylation sites (N-methyl/N-ethyl adjacent to an activating group) is 1. The van der Waals surface area contributed by atoms with Gasteiger partial charge < -0.3 is 24.0 Å². The van der Waals surface area contributed by atoms with E-state index in [1.807, 2.05) is 18.2 Å². The highest BCUT2D eigenvalue weighted by molar-refractivity contribution is 5.79. The summed E-state index contributed by atoms with van der Waals surface area (Å²) >= 11 is 0. The van der Waals surface area contributed by atoms with E-state index in [4.69, 9.17) is 14.2 Å². The average molecular weight is 465 g/mol. The number of fused-ring (bicyclic) bond motifs is 2. The number of rotatable bonds is 2. The fourth-order valence-corrected chi connectivity index (χ4v) is 5.68. The van der Waals surface area contributed by atoms with E-state index in [1.165, 1.54) is 24.8 Å². The number of hydrogen-bond acceptors (Lipinski definition) is 5. The number of benzene rings is 2. The molecule has 1 saturated heterocycles. The maximum Gasteiger partial charge on any atom is 0.231 e. The second-order valence-electron chi connectivity index (χ2n) is 10.1. The molecular weight excluding hydrogens is 428 g/mol. The van der Waals surface area contributed by atoms with Gasteiger partial charge >= 0.3 is 0 Å². The molecule has 0 atom stereocenters. The van der Waals surface area contributed by atoms with Crippen molar-refractivity contribution >= 4 is 5.91 Å². The van der Waals surface area contributed by atoms with Crippen molar-refractivity contribution in [3.05, 3.63) is 53.6 Å². The van der Waals surface area contributed by atoms with Crippen LogP contribution in [0.15, 0.2) is 42.5 Å². The second-order valence-corrected chi connectivity index (χ2v) is 10.1. The fourth-order valence-electron chi connectivity index (χ4n) is 5.68. The lowest BCUT2D eigenvalue weighted by atomic mass is 9.73. The summed E-state index contributed by atoms with van der Waals surface area (Å²) in [5.41, 5.74) is 2.59. The van der Waals surface area contributed by atoms with E-state index in [-0.39, 0.29) is 18.1 Å². The van der Waals surface area contributed by atoms with Crippen molar-refractivity contribution in [1.82, 2.24) is 9.80 Å². The summed E-state index contributed by atoms with van der Waals surface area (Å²) in [5, 5.41) is 0. The van der Waals surface area contributed by atoms with Crippen LogP contribution in [0.1, 0.15) is 43.2 Å². The molecule has 1 fully saturated rings. The van der Waals surface area contributed by atoms with Crippen molar-refractivity contribution in [1.29, 1.82) is 0 Å². The number of carbonyl (C=O) groups excluding carboxylic acids is 1. The molecule has 3 heterocycles. The summed E-state index contributed by atoms with van der Waals surface area (Å²) in [4.78, 5) is 17.5. The quantitative estimate of drug-likeness (QED) is 0.663. The number of piperidine rings is 1. The third-order valence-electron chi connectivity index (χ3n) is 7.68. The molecule has 6 nitrogen and oxygen atoms in total. The molecule has 3 aliphatic rings. The SMILES string of the molecule is CN1CCOc2ccccc2CCCCC2(CCN(C(=O)Cc3ccc4c(c3)OCO4)CC2)C1. The van der Waals surface area contributed by atoms with Gasteiger partial charge in [-0.25, -0.2) is 0 Å². The highest BCUT2D eigenvalue weighted by atomic mass is 16.7. The predicted molar refractivity (Wildman–Crippen MR) is 132 cm³/mol. The van der Waals surface area contributed by atoms with Crippen LogP contribution in [0.3, 0.4) is 0 Å². The van der Waals surface area contributed by atoms with Crippen LogP contribution in [0.5, 0.6) is 17.2 Å². The largest absolute Gasteiger partial charge is 0.492 e. The van der Waals surface area contributed by atoms with Gasteiger partial charge in [-0.2, -0.15) is 0 Å². The first kappa shape index (κ1) is 23.0. The predicted octanol–water partition coefficient (Wildman–Crippen LogP) is 4.30. The second kappa shape index (κ2) is 10.3. The van der Waals surface area contributed by atoms with Gasteiger partial charge in [-0.3, -0.25) is 4.79 Å². The third kappa shape index (κ3) is 5.33. The Bertz CT molecular complexity index is 1000. The average Bonchev–Trinajstić information content (AvgIpc) is 3.30. The van der Waals surface area contributed by atoms with Crippen molar-refractivity contribution in [3.8, 4) is 17.2 Å². The lowest BCUT2D eigenvalue weighted by Crippen LogP contribution is -2.48. The summed E-state index contributed by atoms with van der Waals surface area (Å²) in [7, 11) is 2.21. The van der Waals surface area contributed by atoms with Gasteiger partial charge in [0.15, 0.2) is 11.5 Å². The van der Waals surface area contributed by atoms with Gasteiger partial charge in [0, 0.05) is 26.2 Å². The Balaban J connectivity index is 1.19. The van der Waals surface area contributed by atoms with E-state index in [0.29, 0.717) is 13.0 Å². The lowest BCUT2D eigenvalue weighted by molar-refractivity contribution is -0.133. The van der Waals surface area contributed by atoms with Crippen LogP contribution in [0.2, 0.25) is 0 Å². The number of carbonyl (C=O) groups is 1. The summed E-state index contributed by atoms with van der Waals surface area (Å²) in [6.45, 7) is 4.65. The van der Waals surface area contributed by atoms with Crippen LogP contribution in [-0.2, 0) is 17.6 Å². The molecule has 2 aromatic rings. The summed E-state index contributed by atoms with van der Waals surface area (Å²) in [6, 6.07) is 14.3. The third-order valence-corrected chi connectivity index (χ3v) is 7.68. The molecule has 0 N–H and O–H groups in total. The van der Waals surface area contributed by atoms with Crippen molar-refractivity contribution in [2.24, 2.45) is 5.41 Å². The van der Waals surface area contributed by atoms with Gasteiger partial charge in [0.2, 0.25) is 12.7 Å². The highest BCUT2D eigenvalue weighted by Gasteiger charge is 2.36. The Morgan fingerprint density at radius 3 is 2.62 bits per heavy atom. The molecule has 5 rings (SSSR count). The molecule has 6 heteroatoms. The van der Waals surface area contributed by atoms with Crippen LogP contribution in [0.25, 0.3) is 0 Å². The minimum Gasteiger partial charge on any atom is -0.492 e. The molecule has 0 aliphatic carbocycles. The minimum atomic E-state index is 0.209. The van der Waals surface area contributed by atoms with E-state index in [9.17, 15) is 4.79 Å².